The Hall–Kier alpha value is -1.03. The normalized spacial score (nSPS) is 10.5. The smallest absolute Gasteiger partial charge is 0.202 e. The Labute approximate surface area is 85.3 Å². The molecule has 0 aliphatic rings. The van der Waals surface area contributed by atoms with Crippen molar-refractivity contribution in [1.29, 1.82) is 0 Å². The second-order valence-corrected chi connectivity index (χ2v) is 3.29. The lowest BCUT2D eigenvalue weighted by atomic mass is 10.4. The van der Waals surface area contributed by atoms with Gasteiger partial charge in [0, 0.05) is 33.0 Å². The van der Waals surface area contributed by atoms with E-state index in [1.54, 1.807) is 0 Å². The first kappa shape index (κ1) is 11.0. The first-order valence-corrected chi connectivity index (χ1v) is 5.05. The van der Waals surface area contributed by atoms with Gasteiger partial charge in [-0.3, -0.25) is 0 Å². The van der Waals surface area contributed by atoms with E-state index in [0.29, 0.717) is 0 Å². The molecular formula is C10H19N3O. The number of nitrogens with zero attached hydrogens (tertiary/aromatic N) is 2. The lowest BCUT2D eigenvalue weighted by Crippen LogP contribution is -2.09. The number of ether oxygens (including phenoxy) is 1. The standard InChI is InChI=1S/C10H19N3O/c1-4-14-7-5-6-11-10-12-9(2)8-13(10)3/h8H,4-7H2,1-3H3,(H,11,12). The molecule has 1 aromatic heterocycles. The molecule has 1 heterocycles. The maximum atomic E-state index is 5.24. The van der Waals surface area contributed by atoms with Crippen LogP contribution in [0.4, 0.5) is 5.95 Å². The van der Waals surface area contributed by atoms with E-state index in [1.165, 1.54) is 0 Å². The summed E-state index contributed by atoms with van der Waals surface area (Å²) in [6.45, 7) is 6.51. The molecule has 0 saturated heterocycles. The zero-order chi connectivity index (χ0) is 10.4. The molecule has 4 heteroatoms. The molecule has 0 amide bonds. The van der Waals surface area contributed by atoms with Crippen molar-refractivity contribution in [3.05, 3.63) is 11.9 Å². The van der Waals surface area contributed by atoms with E-state index in [0.717, 1.165) is 37.8 Å². The Bertz CT molecular complexity index is 270. The number of imidazole rings is 1. The molecule has 0 radical (unpaired) electrons. The van der Waals surface area contributed by atoms with Gasteiger partial charge in [0.2, 0.25) is 5.95 Å². The van der Waals surface area contributed by atoms with Gasteiger partial charge in [-0.15, -0.1) is 0 Å². The van der Waals surface area contributed by atoms with E-state index >= 15 is 0 Å². The molecule has 80 valence electrons. The topological polar surface area (TPSA) is 39.1 Å². The first-order chi connectivity index (χ1) is 6.74. The molecular weight excluding hydrogens is 178 g/mol. The molecule has 0 aromatic carbocycles. The molecule has 0 unspecified atom stereocenters. The highest BCUT2D eigenvalue weighted by molar-refractivity contribution is 5.27. The van der Waals surface area contributed by atoms with Gasteiger partial charge in [-0.2, -0.15) is 0 Å². The molecule has 1 aromatic rings. The minimum Gasteiger partial charge on any atom is -0.382 e. The predicted molar refractivity (Wildman–Crippen MR) is 57.5 cm³/mol. The summed E-state index contributed by atoms with van der Waals surface area (Å²) in [5.41, 5.74) is 1.04. The van der Waals surface area contributed by atoms with Gasteiger partial charge in [0.25, 0.3) is 0 Å². The van der Waals surface area contributed by atoms with Crippen molar-refractivity contribution in [2.24, 2.45) is 7.05 Å². The molecule has 0 fully saturated rings. The molecule has 4 nitrogen and oxygen atoms in total. The number of anilines is 1. The third kappa shape index (κ3) is 3.38. The molecule has 1 rings (SSSR count). The highest BCUT2D eigenvalue weighted by Gasteiger charge is 1.99. The Balaban J connectivity index is 2.21. The summed E-state index contributed by atoms with van der Waals surface area (Å²) in [7, 11) is 1.99. The van der Waals surface area contributed by atoms with E-state index in [-0.39, 0.29) is 0 Å². The Kier molecular flexibility index (Phi) is 4.46. The van der Waals surface area contributed by atoms with Gasteiger partial charge in [-0.1, -0.05) is 0 Å². The predicted octanol–water partition coefficient (Wildman–Crippen LogP) is 1.57. The van der Waals surface area contributed by atoms with Crippen molar-refractivity contribution < 1.29 is 4.74 Å². The largest absolute Gasteiger partial charge is 0.382 e. The second-order valence-electron chi connectivity index (χ2n) is 3.29. The summed E-state index contributed by atoms with van der Waals surface area (Å²) >= 11 is 0. The molecule has 0 saturated carbocycles. The molecule has 0 bridgehead atoms. The number of nitrogens with one attached hydrogen (secondary N) is 1. The molecule has 0 aliphatic heterocycles. The van der Waals surface area contributed by atoms with Gasteiger partial charge < -0.3 is 14.6 Å². The van der Waals surface area contributed by atoms with Gasteiger partial charge in [0.1, 0.15) is 0 Å². The van der Waals surface area contributed by atoms with E-state index in [1.807, 2.05) is 31.7 Å². The van der Waals surface area contributed by atoms with E-state index < -0.39 is 0 Å². The summed E-state index contributed by atoms with van der Waals surface area (Å²) in [4.78, 5) is 4.34. The van der Waals surface area contributed by atoms with E-state index in [4.69, 9.17) is 4.74 Å². The fourth-order valence-corrected chi connectivity index (χ4v) is 1.30. The van der Waals surface area contributed by atoms with Crippen LogP contribution in [-0.2, 0) is 11.8 Å². The van der Waals surface area contributed by atoms with E-state index in [9.17, 15) is 0 Å². The number of aryl methyl sites for hydroxylation is 2. The van der Waals surface area contributed by atoms with Crippen LogP contribution in [0.25, 0.3) is 0 Å². The third-order valence-corrected chi connectivity index (χ3v) is 1.95. The maximum Gasteiger partial charge on any atom is 0.202 e. The average Bonchev–Trinajstić information content (AvgIpc) is 2.45. The van der Waals surface area contributed by atoms with Crippen LogP contribution in [0.15, 0.2) is 6.20 Å². The zero-order valence-corrected chi connectivity index (χ0v) is 9.21. The fraction of sp³-hybridized carbons (Fsp3) is 0.700. The SMILES string of the molecule is CCOCCCNc1nc(C)cn1C. The quantitative estimate of drug-likeness (QED) is 0.703. The van der Waals surface area contributed by atoms with Gasteiger partial charge in [-0.05, 0) is 20.3 Å². The average molecular weight is 197 g/mol. The highest BCUT2D eigenvalue weighted by Crippen LogP contribution is 2.04. The molecule has 14 heavy (non-hydrogen) atoms. The summed E-state index contributed by atoms with van der Waals surface area (Å²) < 4.78 is 7.24. The van der Waals surface area contributed by atoms with Crippen LogP contribution in [0.1, 0.15) is 19.0 Å². The van der Waals surface area contributed by atoms with Crippen molar-refractivity contribution in [2.75, 3.05) is 25.1 Å². The zero-order valence-electron chi connectivity index (χ0n) is 9.21. The molecule has 0 aliphatic carbocycles. The summed E-state index contributed by atoms with van der Waals surface area (Å²) in [6, 6.07) is 0. The van der Waals surface area contributed by atoms with Gasteiger partial charge in [0.15, 0.2) is 0 Å². The Morgan fingerprint density at radius 2 is 2.36 bits per heavy atom. The monoisotopic (exact) mass is 197 g/mol. The number of aromatic nitrogens is 2. The van der Waals surface area contributed by atoms with Gasteiger partial charge >= 0.3 is 0 Å². The number of hydrogen-bond donors (Lipinski definition) is 1. The van der Waals surface area contributed by atoms with Crippen molar-refractivity contribution in [3.8, 4) is 0 Å². The van der Waals surface area contributed by atoms with Crippen LogP contribution >= 0.6 is 0 Å². The van der Waals surface area contributed by atoms with Crippen LogP contribution in [-0.4, -0.2) is 29.3 Å². The van der Waals surface area contributed by atoms with Crippen LogP contribution < -0.4 is 5.32 Å². The van der Waals surface area contributed by atoms with Crippen molar-refractivity contribution in [3.63, 3.8) is 0 Å². The second kappa shape index (κ2) is 5.65. The molecule has 0 spiro atoms. The van der Waals surface area contributed by atoms with Crippen LogP contribution in [0.2, 0.25) is 0 Å². The first-order valence-electron chi connectivity index (χ1n) is 5.05. The van der Waals surface area contributed by atoms with Crippen LogP contribution in [0, 0.1) is 6.92 Å². The highest BCUT2D eigenvalue weighted by atomic mass is 16.5. The summed E-state index contributed by atoms with van der Waals surface area (Å²) in [5.74, 6) is 0.930. The van der Waals surface area contributed by atoms with Crippen LogP contribution in [0.5, 0.6) is 0 Å². The van der Waals surface area contributed by atoms with Gasteiger partial charge in [-0.25, -0.2) is 4.98 Å². The number of rotatable bonds is 6. The lowest BCUT2D eigenvalue weighted by molar-refractivity contribution is 0.147. The minimum atomic E-state index is 0.793. The molecule has 0 atom stereocenters. The van der Waals surface area contributed by atoms with Crippen molar-refractivity contribution in [2.45, 2.75) is 20.3 Å². The molecule has 1 N–H and O–H groups in total. The number of hydrogen-bond acceptors (Lipinski definition) is 3. The minimum absolute atomic E-state index is 0.793. The fourth-order valence-electron chi connectivity index (χ4n) is 1.30. The van der Waals surface area contributed by atoms with E-state index in [2.05, 4.69) is 10.3 Å². The maximum absolute atomic E-state index is 5.24. The lowest BCUT2D eigenvalue weighted by Gasteiger charge is -2.05. The third-order valence-electron chi connectivity index (χ3n) is 1.95. The van der Waals surface area contributed by atoms with Crippen LogP contribution in [0.3, 0.4) is 0 Å². The summed E-state index contributed by atoms with van der Waals surface area (Å²) in [6.07, 6.45) is 3.02. The Morgan fingerprint density at radius 3 is 2.93 bits per heavy atom. The van der Waals surface area contributed by atoms with Gasteiger partial charge in [0.05, 0.1) is 5.69 Å². The Morgan fingerprint density at radius 1 is 1.57 bits per heavy atom. The summed E-state index contributed by atoms with van der Waals surface area (Å²) in [5, 5.41) is 3.26. The van der Waals surface area contributed by atoms with Crippen molar-refractivity contribution >= 4 is 5.95 Å². The van der Waals surface area contributed by atoms with Crippen molar-refractivity contribution in [1.82, 2.24) is 9.55 Å².